The second kappa shape index (κ2) is 4.30. The molecular weight excluding hydrogens is 176 g/mol. The van der Waals surface area contributed by atoms with E-state index in [-0.39, 0.29) is 11.8 Å². The van der Waals surface area contributed by atoms with Crippen molar-refractivity contribution in [1.29, 1.82) is 0 Å². The molecule has 1 heterocycles. The predicted octanol–water partition coefficient (Wildman–Crippen LogP) is 0.901. The Labute approximate surface area is 85.6 Å². The molecule has 0 aromatic heterocycles. The van der Waals surface area contributed by atoms with Gasteiger partial charge >= 0.3 is 0 Å². The highest BCUT2D eigenvalue weighted by molar-refractivity contribution is 5.79. The van der Waals surface area contributed by atoms with Crippen LogP contribution in [0.3, 0.4) is 0 Å². The van der Waals surface area contributed by atoms with Crippen LogP contribution in [0.15, 0.2) is 0 Å². The van der Waals surface area contributed by atoms with Gasteiger partial charge in [-0.25, -0.2) is 0 Å². The normalized spacial score (nSPS) is 32.6. The van der Waals surface area contributed by atoms with E-state index in [1.54, 1.807) is 0 Å². The van der Waals surface area contributed by atoms with Gasteiger partial charge in [0.1, 0.15) is 0 Å². The van der Waals surface area contributed by atoms with Crippen molar-refractivity contribution >= 4 is 5.91 Å². The van der Waals surface area contributed by atoms with E-state index in [9.17, 15) is 4.79 Å². The number of nitrogens with one attached hydrogen (secondary N) is 2. The van der Waals surface area contributed by atoms with E-state index in [4.69, 9.17) is 0 Å². The van der Waals surface area contributed by atoms with E-state index < -0.39 is 0 Å². The fourth-order valence-electron chi connectivity index (χ4n) is 2.10. The summed E-state index contributed by atoms with van der Waals surface area (Å²) in [4.78, 5) is 11.8. The van der Waals surface area contributed by atoms with E-state index in [0.717, 1.165) is 31.8 Å². The summed E-state index contributed by atoms with van der Waals surface area (Å²) in [5.41, 5.74) is 0. The Bertz CT molecular complexity index is 213. The fraction of sp³-hybridized carbons (Fsp3) is 0.909. The lowest BCUT2D eigenvalue weighted by Crippen LogP contribution is -2.47. The van der Waals surface area contributed by atoms with Crippen LogP contribution < -0.4 is 10.6 Å². The molecule has 14 heavy (non-hydrogen) atoms. The Hall–Kier alpha value is -0.570. The summed E-state index contributed by atoms with van der Waals surface area (Å²) in [6.07, 6.45) is 4.79. The molecule has 0 unspecified atom stereocenters. The predicted molar refractivity (Wildman–Crippen MR) is 55.9 cm³/mol. The summed E-state index contributed by atoms with van der Waals surface area (Å²) in [7, 11) is 0. The molecule has 1 amide bonds. The molecule has 1 saturated heterocycles. The first-order valence-corrected chi connectivity index (χ1v) is 5.78. The minimum atomic E-state index is 0.197. The lowest BCUT2D eigenvalue weighted by atomic mass is 9.91. The molecule has 0 bridgehead atoms. The number of hydrogen-bond donors (Lipinski definition) is 2. The maximum atomic E-state index is 11.8. The van der Waals surface area contributed by atoms with Crippen LogP contribution in [0.5, 0.6) is 0 Å². The van der Waals surface area contributed by atoms with Crippen molar-refractivity contribution in [3.05, 3.63) is 0 Å². The van der Waals surface area contributed by atoms with Crippen LogP contribution in [0.4, 0.5) is 0 Å². The summed E-state index contributed by atoms with van der Waals surface area (Å²) in [5.74, 6) is 1.24. The lowest BCUT2D eigenvalue weighted by molar-refractivity contribution is -0.126. The maximum Gasteiger partial charge on any atom is 0.224 e. The highest BCUT2D eigenvalue weighted by Gasteiger charge is 2.29. The number of hydrogen-bond acceptors (Lipinski definition) is 2. The Morgan fingerprint density at radius 3 is 2.86 bits per heavy atom. The van der Waals surface area contributed by atoms with E-state index in [0.29, 0.717) is 6.04 Å². The molecule has 2 rings (SSSR count). The number of amides is 1. The number of carbonyl (C=O) groups is 1. The topological polar surface area (TPSA) is 41.1 Å². The van der Waals surface area contributed by atoms with Crippen LogP contribution in [-0.2, 0) is 4.79 Å². The van der Waals surface area contributed by atoms with Crippen molar-refractivity contribution in [2.75, 3.05) is 13.1 Å². The average Bonchev–Trinajstić information content (AvgIpc) is 2.98. The summed E-state index contributed by atoms with van der Waals surface area (Å²) < 4.78 is 0. The van der Waals surface area contributed by atoms with E-state index in [1.807, 2.05) is 0 Å². The summed E-state index contributed by atoms with van der Waals surface area (Å²) in [6, 6.07) is 0.350. The first-order valence-electron chi connectivity index (χ1n) is 5.78. The zero-order chi connectivity index (χ0) is 9.97. The van der Waals surface area contributed by atoms with Crippen LogP contribution >= 0.6 is 0 Å². The van der Waals surface area contributed by atoms with Gasteiger partial charge in [-0.1, -0.05) is 0 Å². The molecule has 1 saturated carbocycles. The highest BCUT2D eigenvalue weighted by Crippen LogP contribution is 2.27. The van der Waals surface area contributed by atoms with Crippen LogP contribution in [0, 0.1) is 11.8 Å². The summed E-state index contributed by atoms with van der Waals surface area (Å²) in [6.45, 7) is 4.08. The zero-order valence-corrected chi connectivity index (χ0v) is 8.88. The molecule has 80 valence electrons. The van der Waals surface area contributed by atoms with Crippen molar-refractivity contribution in [2.24, 2.45) is 11.8 Å². The van der Waals surface area contributed by atoms with Crippen molar-refractivity contribution in [3.8, 4) is 0 Å². The van der Waals surface area contributed by atoms with E-state index >= 15 is 0 Å². The smallest absolute Gasteiger partial charge is 0.224 e. The standard InChI is InChI=1S/C11H20N2O/c1-8-10(3-2-6-12-8)11(14)13-7-9-4-5-9/h8-10,12H,2-7H2,1H3,(H,13,14)/t8-,10-/m1/s1. The summed E-state index contributed by atoms with van der Waals surface area (Å²) in [5, 5.41) is 6.42. The molecular formula is C11H20N2O. The van der Waals surface area contributed by atoms with Crippen molar-refractivity contribution in [3.63, 3.8) is 0 Å². The monoisotopic (exact) mass is 196 g/mol. The zero-order valence-electron chi connectivity index (χ0n) is 8.88. The second-order valence-corrected chi connectivity index (χ2v) is 4.68. The van der Waals surface area contributed by atoms with Gasteiger partial charge in [-0.2, -0.15) is 0 Å². The minimum Gasteiger partial charge on any atom is -0.356 e. The molecule has 1 aliphatic carbocycles. The van der Waals surface area contributed by atoms with Crippen molar-refractivity contribution < 1.29 is 4.79 Å². The summed E-state index contributed by atoms with van der Waals surface area (Å²) >= 11 is 0. The van der Waals surface area contributed by atoms with Gasteiger partial charge in [0.25, 0.3) is 0 Å². The molecule has 3 heteroatoms. The Morgan fingerprint density at radius 2 is 2.21 bits per heavy atom. The highest BCUT2D eigenvalue weighted by atomic mass is 16.1. The molecule has 2 aliphatic rings. The van der Waals surface area contributed by atoms with Gasteiger partial charge in [0.2, 0.25) is 5.91 Å². The molecule has 0 radical (unpaired) electrons. The van der Waals surface area contributed by atoms with Gasteiger partial charge in [0, 0.05) is 12.6 Å². The number of piperidine rings is 1. The molecule has 2 N–H and O–H groups in total. The molecule has 0 spiro atoms. The van der Waals surface area contributed by atoms with Crippen LogP contribution in [0.1, 0.15) is 32.6 Å². The molecule has 2 fully saturated rings. The number of rotatable bonds is 3. The van der Waals surface area contributed by atoms with Gasteiger partial charge in [0.05, 0.1) is 5.92 Å². The van der Waals surface area contributed by atoms with Crippen LogP contribution in [0.2, 0.25) is 0 Å². The Balaban J connectivity index is 1.76. The molecule has 0 aromatic carbocycles. The van der Waals surface area contributed by atoms with Crippen molar-refractivity contribution in [1.82, 2.24) is 10.6 Å². The largest absolute Gasteiger partial charge is 0.356 e. The van der Waals surface area contributed by atoms with E-state index in [1.165, 1.54) is 12.8 Å². The Morgan fingerprint density at radius 1 is 1.43 bits per heavy atom. The molecule has 3 nitrogen and oxygen atoms in total. The van der Waals surface area contributed by atoms with Crippen molar-refractivity contribution in [2.45, 2.75) is 38.6 Å². The fourth-order valence-corrected chi connectivity index (χ4v) is 2.10. The first-order chi connectivity index (χ1) is 6.77. The third-order valence-electron chi connectivity index (χ3n) is 3.36. The molecule has 0 aromatic rings. The van der Waals surface area contributed by atoms with Crippen LogP contribution in [-0.4, -0.2) is 25.0 Å². The average molecular weight is 196 g/mol. The quantitative estimate of drug-likeness (QED) is 0.704. The molecule has 1 aliphatic heterocycles. The second-order valence-electron chi connectivity index (χ2n) is 4.68. The Kier molecular flexibility index (Phi) is 3.06. The van der Waals surface area contributed by atoms with Crippen LogP contribution in [0.25, 0.3) is 0 Å². The number of carbonyl (C=O) groups excluding carboxylic acids is 1. The van der Waals surface area contributed by atoms with E-state index in [2.05, 4.69) is 17.6 Å². The maximum absolute atomic E-state index is 11.8. The third-order valence-corrected chi connectivity index (χ3v) is 3.36. The van der Waals surface area contributed by atoms with Gasteiger partial charge in [-0.15, -0.1) is 0 Å². The van der Waals surface area contributed by atoms with Gasteiger partial charge in [-0.05, 0) is 45.1 Å². The van der Waals surface area contributed by atoms with Gasteiger partial charge in [-0.3, -0.25) is 4.79 Å². The lowest BCUT2D eigenvalue weighted by Gasteiger charge is -2.28. The van der Waals surface area contributed by atoms with Gasteiger partial charge in [0.15, 0.2) is 0 Å². The molecule has 2 atom stereocenters. The van der Waals surface area contributed by atoms with Gasteiger partial charge < -0.3 is 10.6 Å². The SMILES string of the molecule is C[C@H]1NCCC[C@H]1C(=O)NCC1CC1. The minimum absolute atomic E-state index is 0.197. The third kappa shape index (κ3) is 2.47. The first kappa shape index (κ1) is 9.97.